The van der Waals surface area contributed by atoms with E-state index in [0.29, 0.717) is 0 Å². The Kier molecular flexibility index (Phi) is 6.73. The first-order valence-electron chi connectivity index (χ1n) is 19.5. The molecule has 0 radical (unpaired) electrons. The van der Waals surface area contributed by atoms with Gasteiger partial charge in [0.2, 0.25) is 0 Å². The molecule has 0 aliphatic heterocycles. The Bertz CT molecular complexity index is 3270. The maximum Gasteiger partial charge on any atom is -0.000741 e. The van der Waals surface area contributed by atoms with Crippen molar-refractivity contribution in [3.63, 3.8) is 0 Å². The highest BCUT2D eigenvalue weighted by Gasteiger charge is 2.31. The van der Waals surface area contributed by atoms with Gasteiger partial charge in [-0.2, -0.15) is 0 Å². The van der Waals surface area contributed by atoms with Crippen LogP contribution in [0.1, 0.15) is 0 Å². The van der Waals surface area contributed by atoms with E-state index < -0.39 is 0 Å². The van der Waals surface area contributed by atoms with Gasteiger partial charge in [-0.05, 0) is 139 Å². The molecule has 0 bridgehead atoms. The minimum Gasteiger partial charge on any atom is -0.0616 e. The quantitative estimate of drug-likeness (QED) is 0.171. The molecule has 1 aliphatic rings. The molecule has 11 aromatic carbocycles. The van der Waals surface area contributed by atoms with Gasteiger partial charge in [-0.25, -0.2) is 0 Å². The normalized spacial score (nSPS) is 11.9. The fourth-order valence-corrected chi connectivity index (χ4v) is 9.55. The second-order valence-corrected chi connectivity index (χ2v) is 15.2. The van der Waals surface area contributed by atoms with Gasteiger partial charge in [-0.3, -0.25) is 0 Å². The predicted octanol–water partition coefficient (Wildman–Crippen LogP) is 15.8. The van der Waals surface area contributed by atoms with Gasteiger partial charge >= 0.3 is 0 Å². The lowest BCUT2D eigenvalue weighted by Crippen LogP contribution is -1.94. The van der Waals surface area contributed by atoms with Gasteiger partial charge in [-0.1, -0.05) is 188 Å². The highest BCUT2D eigenvalue weighted by molar-refractivity contribution is 6.29. The Balaban J connectivity index is 1.11. The van der Waals surface area contributed by atoms with E-state index in [2.05, 4.69) is 206 Å². The Labute approximate surface area is 325 Å². The average molecular weight is 707 g/mol. The largest absolute Gasteiger partial charge is 0.0616 e. The third kappa shape index (κ3) is 4.66. The van der Waals surface area contributed by atoms with Crippen molar-refractivity contribution < 1.29 is 0 Å². The fourth-order valence-electron chi connectivity index (χ4n) is 9.55. The summed E-state index contributed by atoms with van der Waals surface area (Å²) in [6, 6.07) is 76.6. The zero-order valence-electron chi connectivity index (χ0n) is 30.6. The van der Waals surface area contributed by atoms with Crippen molar-refractivity contribution in [2.45, 2.75) is 0 Å². The first-order valence-corrected chi connectivity index (χ1v) is 19.5. The topological polar surface area (TPSA) is 0 Å². The summed E-state index contributed by atoms with van der Waals surface area (Å²) >= 11 is 0. The summed E-state index contributed by atoms with van der Waals surface area (Å²) in [6.45, 7) is 0. The number of rotatable bonds is 4. The minimum atomic E-state index is 1.23. The lowest BCUT2D eigenvalue weighted by Gasteiger charge is -2.21. The Morgan fingerprint density at radius 2 is 0.589 bits per heavy atom. The summed E-state index contributed by atoms with van der Waals surface area (Å²) < 4.78 is 0. The molecule has 0 heterocycles. The van der Waals surface area contributed by atoms with Crippen LogP contribution in [0.4, 0.5) is 0 Å². The number of fused-ring (bicyclic) bond motifs is 7. The third-order valence-electron chi connectivity index (χ3n) is 12.2. The van der Waals surface area contributed by atoms with Crippen LogP contribution in [-0.4, -0.2) is 0 Å². The second-order valence-electron chi connectivity index (χ2n) is 15.2. The molecule has 0 atom stereocenters. The Morgan fingerprint density at radius 3 is 1.14 bits per heavy atom. The van der Waals surface area contributed by atoms with Gasteiger partial charge < -0.3 is 0 Å². The van der Waals surface area contributed by atoms with Crippen LogP contribution < -0.4 is 0 Å². The van der Waals surface area contributed by atoms with Gasteiger partial charge in [0.05, 0.1) is 0 Å². The van der Waals surface area contributed by atoms with E-state index in [9.17, 15) is 0 Å². The molecule has 11 aromatic rings. The molecular weight excluding hydrogens is 673 g/mol. The highest BCUT2D eigenvalue weighted by Crippen LogP contribution is 2.58. The molecule has 0 unspecified atom stereocenters. The molecule has 12 rings (SSSR count). The Hall–Kier alpha value is -7.28. The molecule has 56 heavy (non-hydrogen) atoms. The molecule has 1 aliphatic carbocycles. The monoisotopic (exact) mass is 706 g/mol. The smallest absolute Gasteiger partial charge is 0.000741 e. The molecule has 0 aromatic heterocycles. The summed E-state index contributed by atoms with van der Waals surface area (Å²) in [5, 5.41) is 12.7. The van der Waals surface area contributed by atoms with Crippen LogP contribution in [0.5, 0.6) is 0 Å². The van der Waals surface area contributed by atoms with Crippen LogP contribution >= 0.6 is 0 Å². The van der Waals surface area contributed by atoms with E-state index in [1.54, 1.807) is 0 Å². The van der Waals surface area contributed by atoms with E-state index in [-0.39, 0.29) is 0 Å². The lowest BCUT2D eigenvalue weighted by atomic mass is 9.82. The lowest BCUT2D eigenvalue weighted by molar-refractivity contribution is 1.62. The first kappa shape index (κ1) is 31.1. The van der Waals surface area contributed by atoms with Crippen LogP contribution in [-0.2, 0) is 0 Å². The van der Waals surface area contributed by atoms with Gasteiger partial charge in [0, 0.05) is 0 Å². The Morgan fingerprint density at radius 1 is 0.196 bits per heavy atom. The van der Waals surface area contributed by atoms with E-state index in [0.717, 1.165) is 0 Å². The van der Waals surface area contributed by atoms with Gasteiger partial charge in [-0.15, -0.1) is 0 Å². The second kappa shape index (κ2) is 12.1. The van der Waals surface area contributed by atoms with Crippen molar-refractivity contribution in [1.29, 1.82) is 0 Å². The van der Waals surface area contributed by atoms with Crippen LogP contribution in [0.3, 0.4) is 0 Å². The zero-order chi connectivity index (χ0) is 36.7. The van der Waals surface area contributed by atoms with Gasteiger partial charge in [0.15, 0.2) is 0 Å². The number of benzene rings is 11. The van der Waals surface area contributed by atoms with Crippen molar-refractivity contribution >= 4 is 53.9 Å². The summed E-state index contributed by atoms with van der Waals surface area (Å²) in [5.41, 5.74) is 15.3. The van der Waals surface area contributed by atoms with Crippen molar-refractivity contribution in [2.24, 2.45) is 0 Å². The molecule has 0 heteroatoms. The summed E-state index contributed by atoms with van der Waals surface area (Å²) in [6.07, 6.45) is 0. The molecule has 0 saturated heterocycles. The standard InChI is InChI=1S/C56H34/c1-4-13-40-32-43(27-22-35(40)10-1)38-20-25-39(26-21-38)46-30-31-51-54-47(46)18-9-19-50(54)55-52(44-28-23-36-11-2-5-14-41(36)33-44)48-16-7-8-17-49(48)53(56(51)55)45-29-24-37-12-3-6-15-42(37)34-45/h1-34H. The van der Waals surface area contributed by atoms with Crippen molar-refractivity contribution in [1.82, 2.24) is 0 Å². The highest BCUT2D eigenvalue weighted by atomic mass is 14.3. The molecule has 0 nitrogen and oxygen atoms in total. The summed E-state index contributed by atoms with van der Waals surface area (Å²) in [4.78, 5) is 0. The maximum absolute atomic E-state index is 2.40. The van der Waals surface area contributed by atoms with Crippen LogP contribution in [0.25, 0.3) is 121 Å². The summed E-state index contributed by atoms with van der Waals surface area (Å²) in [5.74, 6) is 0. The SMILES string of the molecule is c1ccc2cc(-c3ccc(-c4ccc5c6c(cccc46)-c4c-5c(-c5ccc6ccccc6c5)c5ccccc5c4-c4ccc5ccccc5c4)cc3)ccc2c1. The first-order chi connectivity index (χ1) is 27.8. The molecule has 0 fully saturated rings. The average Bonchev–Trinajstić information content (AvgIpc) is 3.60. The molecule has 0 saturated carbocycles. The summed E-state index contributed by atoms with van der Waals surface area (Å²) in [7, 11) is 0. The maximum atomic E-state index is 2.40. The fraction of sp³-hybridized carbons (Fsp3) is 0. The van der Waals surface area contributed by atoms with Crippen LogP contribution in [0.15, 0.2) is 206 Å². The van der Waals surface area contributed by atoms with Gasteiger partial charge in [0.25, 0.3) is 0 Å². The molecule has 0 spiro atoms. The molecule has 0 N–H and O–H groups in total. The van der Waals surface area contributed by atoms with Crippen molar-refractivity contribution in [3.8, 4) is 66.8 Å². The zero-order valence-corrected chi connectivity index (χ0v) is 30.6. The van der Waals surface area contributed by atoms with Crippen LogP contribution in [0.2, 0.25) is 0 Å². The number of hydrogen-bond acceptors (Lipinski definition) is 0. The number of hydrogen-bond donors (Lipinski definition) is 0. The molecular formula is C56H34. The predicted molar refractivity (Wildman–Crippen MR) is 240 cm³/mol. The van der Waals surface area contributed by atoms with E-state index in [1.165, 1.54) is 121 Å². The van der Waals surface area contributed by atoms with E-state index in [1.807, 2.05) is 0 Å². The van der Waals surface area contributed by atoms with E-state index >= 15 is 0 Å². The van der Waals surface area contributed by atoms with E-state index in [4.69, 9.17) is 0 Å². The van der Waals surface area contributed by atoms with Crippen molar-refractivity contribution in [2.75, 3.05) is 0 Å². The van der Waals surface area contributed by atoms with Crippen LogP contribution in [0, 0.1) is 0 Å². The van der Waals surface area contributed by atoms with Crippen molar-refractivity contribution in [3.05, 3.63) is 206 Å². The minimum absolute atomic E-state index is 1.23. The van der Waals surface area contributed by atoms with Gasteiger partial charge in [0.1, 0.15) is 0 Å². The molecule has 0 amide bonds. The third-order valence-corrected chi connectivity index (χ3v) is 12.2. The molecule has 258 valence electrons.